The molecule has 1 heterocycles. The number of rotatable bonds is 3. The number of piperidine rings is 1. The van der Waals surface area contributed by atoms with Crippen LogP contribution in [0.3, 0.4) is 0 Å². The van der Waals surface area contributed by atoms with Gasteiger partial charge < -0.3 is 36.0 Å². The second-order valence-electron chi connectivity index (χ2n) is 3.72. The normalized spacial score (nSPS) is 41.2. The van der Waals surface area contributed by atoms with Gasteiger partial charge in [0.2, 0.25) is 0 Å². The standard InChI is InChI=1S/C8H17NO6/c10-2-4(12)6(13)5-8(15)7(14)3(11)1-9-5/h3-15H,1-2H2/t3-,4-,5+,6-,7-,8+/m1/s1. The van der Waals surface area contributed by atoms with Gasteiger partial charge in [0.25, 0.3) is 0 Å². The smallest absolute Gasteiger partial charge is 0.109 e. The minimum Gasteiger partial charge on any atom is -0.394 e. The number of aliphatic hydroxyl groups excluding tert-OH is 6. The Balaban J connectivity index is 2.62. The summed E-state index contributed by atoms with van der Waals surface area (Å²) in [7, 11) is 0. The van der Waals surface area contributed by atoms with Gasteiger partial charge in [-0.3, -0.25) is 0 Å². The van der Waals surface area contributed by atoms with Crippen molar-refractivity contribution < 1.29 is 30.6 Å². The first kappa shape index (κ1) is 12.8. The van der Waals surface area contributed by atoms with Crippen molar-refractivity contribution in [3.8, 4) is 0 Å². The highest BCUT2D eigenvalue weighted by molar-refractivity contribution is 4.97. The number of hydrogen-bond donors (Lipinski definition) is 7. The van der Waals surface area contributed by atoms with E-state index >= 15 is 0 Å². The van der Waals surface area contributed by atoms with Gasteiger partial charge in [0.15, 0.2) is 0 Å². The summed E-state index contributed by atoms with van der Waals surface area (Å²) in [5.41, 5.74) is 0. The lowest BCUT2D eigenvalue weighted by Crippen LogP contribution is -2.65. The molecule has 90 valence electrons. The first-order valence-electron chi connectivity index (χ1n) is 4.73. The predicted molar refractivity (Wildman–Crippen MR) is 48.9 cm³/mol. The third kappa shape index (κ3) is 2.64. The van der Waals surface area contributed by atoms with Crippen LogP contribution in [0.15, 0.2) is 0 Å². The zero-order valence-electron chi connectivity index (χ0n) is 8.06. The number of aliphatic hydroxyl groups is 6. The topological polar surface area (TPSA) is 133 Å². The number of β-amino-alcohol motifs (C(OH)–C–C–N with tert-alkyl or cyclic N) is 1. The molecule has 0 aromatic heterocycles. The molecular formula is C8H17NO6. The maximum Gasteiger partial charge on any atom is 0.109 e. The molecule has 0 amide bonds. The van der Waals surface area contributed by atoms with Crippen LogP contribution in [0.1, 0.15) is 0 Å². The average Bonchev–Trinajstić information content (AvgIpc) is 2.24. The molecule has 1 aliphatic heterocycles. The van der Waals surface area contributed by atoms with Crippen LogP contribution in [-0.2, 0) is 0 Å². The Bertz CT molecular complexity index is 200. The summed E-state index contributed by atoms with van der Waals surface area (Å²) < 4.78 is 0. The van der Waals surface area contributed by atoms with Gasteiger partial charge in [-0.05, 0) is 0 Å². The quantitative estimate of drug-likeness (QED) is 0.258. The van der Waals surface area contributed by atoms with Gasteiger partial charge in [0.05, 0.1) is 18.8 Å². The van der Waals surface area contributed by atoms with Gasteiger partial charge >= 0.3 is 0 Å². The maximum absolute atomic E-state index is 9.50. The lowest BCUT2D eigenvalue weighted by Gasteiger charge is -2.39. The van der Waals surface area contributed by atoms with E-state index in [1.807, 2.05) is 0 Å². The monoisotopic (exact) mass is 223 g/mol. The molecule has 0 radical (unpaired) electrons. The lowest BCUT2D eigenvalue weighted by atomic mass is 9.90. The minimum atomic E-state index is -1.41. The zero-order valence-corrected chi connectivity index (χ0v) is 8.06. The van der Waals surface area contributed by atoms with E-state index in [0.717, 1.165) is 0 Å². The summed E-state index contributed by atoms with van der Waals surface area (Å²) in [6, 6.07) is -0.981. The zero-order chi connectivity index (χ0) is 11.6. The van der Waals surface area contributed by atoms with Gasteiger partial charge in [0.1, 0.15) is 24.4 Å². The van der Waals surface area contributed by atoms with Crippen LogP contribution in [0.25, 0.3) is 0 Å². The molecule has 7 nitrogen and oxygen atoms in total. The Morgan fingerprint density at radius 2 is 1.73 bits per heavy atom. The first-order valence-corrected chi connectivity index (χ1v) is 4.73. The molecule has 0 aromatic carbocycles. The molecule has 1 aliphatic rings. The summed E-state index contributed by atoms with van der Waals surface area (Å²) in [4.78, 5) is 0. The maximum atomic E-state index is 9.50. The third-order valence-corrected chi connectivity index (χ3v) is 2.62. The molecule has 7 N–H and O–H groups in total. The minimum absolute atomic E-state index is 0.00188. The van der Waals surface area contributed by atoms with Gasteiger partial charge in [-0.1, -0.05) is 0 Å². The van der Waals surface area contributed by atoms with E-state index in [4.69, 9.17) is 10.2 Å². The van der Waals surface area contributed by atoms with E-state index in [0.29, 0.717) is 0 Å². The van der Waals surface area contributed by atoms with Crippen molar-refractivity contribution in [1.82, 2.24) is 5.32 Å². The van der Waals surface area contributed by atoms with Crippen molar-refractivity contribution in [3.05, 3.63) is 0 Å². The summed E-state index contributed by atoms with van der Waals surface area (Å²) in [6.45, 7) is -0.650. The molecule has 1 saturated heterocycles. The molecular weight excluding hydrogens is 206 g/mol. The highest BCUT2D eigenvalue weighted by Crippen LogP contribution is 2.15. The molecule has 0 saturated carbocycles. The van der Waals surface area contributed by atoms with Gasteiger partial charge in [-0.25, -0.2) is 0 Å². The largest absolute Gasteiger partial charge is 0.394 e. The van der Waals surface area contributed by atoms with E-state index in [1.54, 1.807) is 0 Å². The predicted octanol–water partition coefficient (Wildman–Crippen LogP) is -4.24. The Morgan fingerprint density at radius 1 is 1.13 bits per heavy atom. The summed E-state index contributed by atoms with van der Waals surface area (Å²) in [5.74, 6) is 0. The van der Waals surface area contributed by atoms with Crippen LogP contribution < -0.4 is 5.32 Å². The number of nitrogens with one attached hydrogen (secondary N) is 1. The molecule has 0 aromatic rings. The fourth-order valence-corrected chi connectivity index (χ4v) is 1.61. The van der Waals surface area contributed by atoms with E-state index in [2.05, 4.69) is 5.32 Å². The van der Waals surface area contributed by atoms with Crippen LogP contribution in [0, 0.1) is 0 Å². The van der Waals surface area contributed by atoms with Crippen molar-refractivity contribution in [2.75, 3.05) is 13.2 Å². The van der Waals surface area contributed by atoms with Crippen LogP contribution in [-0.4, -0.2) is 80.4 Å². The molecule has 6 atom stereocenters. The molecule has 7 heteroatoms. The number of hydrogen-bond acceptors (Lipinski definition) is 7. The second-order valence-corrected chi connectivity index (χ2v) is 3.72. The van der Waals surface area contributed by atoms with Crippen molar-refractivity contribution in [2.24, 2.45) is 0 Å². The Labute approximate surface area is 86.6 Å². The molecule has 0 bridgehead atoms. The van der Waals surface area contributed by atoms with E-state index in [9.17, 15) is 20.4 Å². The van der Waals surface area contributed by atoms with Crippen molar-refractivity contribution in [3.63, 3.8) is 0 Å². The van der Waals surface area contributed by atoms with Crippen LogP contribution in [0.4, 0.5) is 0 Å². The van der Waals surface area contributed by atoms with E-state index < -0.39 is 43.2 Å². The fraction of sp³-hybridized carbons (Fsp3) is 1.00. The molecule has 0 spiro atoms. The lowest BCUT2D eigenvalue weighted by molar-refractivity contribution is -0.132. The van der Waals surface area contributed by atoms with Crippen LogP contribution >= 0.6 is 0 Å². The molecule has 1 fully saturated rings. The van der Waals surface area contributed by atoms with Crippen molar-refractivity contribution in [1.29, 1.82) is 0 Å². The summed E-state index contributed by atoms with van der Waals surface area (Å²) >= 11 is 0. The van der Waals surface area contributed by atoms with Crippen molar-refractivity contribution >= 4 is 0 Å². The summed E-state index contributed by atoms with van der Waals surface area (Å²) in [5, 5.41) is 57.8. The average molecular weight is 223 g/mol. The van der Waals surface area contributed by atoms with Gasteiger partial charge in [-0.15, -0.1) is 0 Å². The third-order valence-electron chi connectivity index (χ3n) is 2.62. The van der Waals surface area contributed by atoms with E-state index in [-0.39, 0.29) is 6.54 Å². The van der Waals surface area contributed by atoms with Crippen LogP contribution in [0.5, 0.6) is 0 Å². The molecule has 0 unspecified atom stereocenters. The summed E-state index contributed by atoms with van der Waals surface area (Å²) in [6.07, 6.45) is -6.71. The van der Waals surface area contributed by atoms with Gasteiger partial charge in [-0.2, -0.15) is 0 Å². The first-order chi connectivity index (χ1) is 6.99. The SMILES string of the molecule is OC[C@@H](O)[C@@H](O)[C@@H]1NC[C@@H](O)[C@@H](O)[C@H]1O. The van der Waals surface area contributed by atoms with E-state index in [1.165, 1.54) is 0 Å². The Morgan fingerprint density at radius 3 is 2.27 bits per heavy atom. The second kappa shape index (κ2) is 5.17. The molecule has 15 heavy (non-hydrogen) atoms. The Kier molecular flexibility index (Phi) is 4.41. The van der Waals surface area contributed by atoms with Crippen LogP contribution in [0.2, 0.25) is 0 Å². The Hall–Kier alpha value is -0.280. The molecule has 0 aliphatic carbocycles. The van der Waals surface area contributed by atoms with Gasteiger partial charge in [0, 0.05) is 6.54 Å². The highest BCUT2D eigenvalue weighted by Gasteiger charge is 2.41. The van der Waals surface area contributed by atoms with Crippen molar-refractivity contribution in [2.45, 2.75) is 36.6 Å². The highest BCUT2D eigenvalue weighted by atomic mass is 16.4. The molecule has 1 rings (SSSR count). The fourth-order valence-electron chi connectivity index (χ4n) is 1.61.